The van der Waals surface area contributed by atoms with Crippen LogP contribution in [-0.4, -0.2) is 18.1 Å². The number of hydrogen-bond acceptors (Lipinski definition) is 3. The Bertz CT molecular complexity index is 333. The number of nitrogens with one attached hydrogen (secondary N) is 1. The zero-order chi connectivity index (χ0) is 11.9. The van der Waals surface area contributed by atoms with Crippen molar-refractivity contribution in [3.8, 4) is 5.88 Å². The second kappa shape index (κ2) is 6.60. The Morgan fingerprint density at radius 2 is 2.00 bits per heavy atom. The zero-order valence-corrected chi connectivity index (χ0v) is 10.6. The van der Waals surface area contributed by atoms with E-state index in [-0.39, 0.29) is 0 Å². The van der Waals surface area contributed by atoms with Crippen molar-refractivity contribution in [2.45, 2.75) is 51.2 Å². The molecule has 0 atom stereocenters. The first kappa shape index (κ1) is 12.4. The van der Waals surface area contributed by atoms with Gasteiger partial charge >= 0.3 is 0 Å². The maximum atomic E-state index is 5.98. The highest BCUT2D eigenvalue weighted by Crippen LogP contribution is 2.21. The summed E-state index contributed by atoms with van der Waals surface area (Å²) in [5.74, 6) is 0.782. The highest BCUT2D eigenvalue weighted by Gasteiger charge is 2.14. The summed E-state index contributed by atoms with van der Waals surface area (Å²) >= 11 is 0. The fourth-order valence-corrected chi connectivity index (χ4v) is 2.33. The van der Waals surface area contributed by atoms with Gasteiger partial charge in [0.15, 0.2) is 0 Å². The van der Waals surface area contributed by atoms with E-state index in [2.05, 4.69) is 10.3 Å². The summed E-state index contributed by atoms with van der Waals surface area (Å²) in [4.78, 5) is 4.50. The average Bonchev–Trinajstić information content (AvgIpc) is 2.59. The molecule has 0 bridgehead atoms. The Morgan fingerprint density at radius 1 is 1.24 bits per heavy atom. The molecule has 1 fully saturated rings. The van der Waals surface area contributed by atoms with Crippen LogP contribution in [0.5, 0.6) is 5.88 Å². The molecule has 0 spiro atoms. The van der Waals surface area contributed by atoms with Crippen LogP contribution in [0.3, 0.4) is 0 Å². The first-order valence-electron chi connectivity index (χ1n) is 6.65. The van der Waals surface area contributed by atoms with E-state index in [1.54, 1.807) is 0 Å². The van der Waals surface area contributed by atoms with Gasteiger partial charge in [0.1, 0.15) is 6.10 Å². The lowest BCUT2D eigenvalue weighted by molar-refractivity contribution is 0.176. The quantitative estimate of drug-likeness (QED) is 0.813. The van der Waals surface area contributed by atoms with Gasteiger partial charge < -0.3 is 10.1 Å². The number of rotatable bonds is 4. The van der Waals surface area contributed by atoms with Crippen molar-refractivity contribution in [1.29, 1.82) is 0 Å². The van der Waals surface area contributed by atoms with E-state index in [0.717, 1.165) is 18.1 Å². The molecular weight excluding hydrogens is 212 g/mol. The monoisotopic (exact) mass is 234 g/mol. The van der Waals surface area contributed by atoms with Gasteiger partial charge in [0.25, 0.3) is 0 Å². The van der Waals surface area contributed by atoms with Crippen LogP contribution in [0.25, 0.3) is 0 Å². The second-order valence-corrected chi connectivity index (χ2v) is 4.73. The van der Waals surface area contributed by atoms with E-state index in [0.29, 0.717) is 6.10 Å². The molecule has 0 unspecified atom stereocenters. The van der Waals surface area contributed by atoms with Crippen molar-refractivity contribution in [2.24, 2.45) is 0 Å². The molecule has 17 heavy (non-hydrogen) atoms. The molecule has 0 aromatic carbocycles. The highest BCUT2D eigenvalue weighted by molar-refractivity contribution is 5.16. The van der Waals surface area contributed by atoms with E-state index in [4.69, 9.17) is 4.74 Å². The van der Waals surface area contributed by atoms with Crippen LogP contribution in [-0.2, 0) is 6.54 Å². The third-order valence-electron chi connectivity index (χ3n) is 3.23. The third-order valence-corrected chi connectivity index (χ3v) is 3.23. The predicted octanol–water partition coefficient (Wildman–Crippen LogP) is 2.90. The number of hydrogen-bond donors (Lipinski definition) is 1. The number of ether oxygens (including phenoxy) is 1. The van der Waals surface area contributed by atoms with E-state index in [9.17, 15) is 0 Å². The molecule has 1 heterocycles. The SMILES string of the molecule is CNCc1cccc(OC2CCCCCC2)n1. The Morgan fingerprint density at radius 3 is 2.71 bits per heavy atom. The lowest BCUT2D eigenvalue weighted by Gasteiger charge is -2.16. The van der Waals surface area contributed by atoms with Gasteiger partial charge in [0.05, 0.1) is 5.69 Å². The van der Waals surface area contributed by atoms with E-state index in [1.165, 1.54) is 38.5 Å². The molecule has 94 valence electrons. The molecule has 0 radical (unpaired) electrons. The molecule has 0 aliphatic heterocycles. The molecule has 1 aliphatic carbocycles. The minimum atomic E-state index is 0.370. The Balaban J connectivity index is 1.94. The average molecular weight is 234 g/mol. The number of aromatic nitrogens is 1. The van der Waals surface area contributed by atoms with Gasteiger partial charge in [-0.15, -0.1) is 0 Å². The Hall–Kier alpha value is -1.09. The maximum Gasteiger partial charge on any atom is 0.213 e. The van der Waals surface area contributed by atoms with Crippen LogP contribution in [0.15, 0.2) is 18.2 Å². The predicted molar refractivity (Wildman–Crippen MR) is 69.1 cm³/mol. The molecule has 3 nitrogen and oxygen atoms in total. The summed E-state index contributed by atoms with van der Waals surface area (Å²) in [6, 6.07) is 6.01. The standard InChI is InChI=1S/C14H22N2O/c1-15-11-12-7-6-10-14(16-12)17-13-8-4-2-3-5-9-13/h6-7,10,13,15H,2-5,8-9,11H2,1H3. The maximum absolute atomic E-state index is 5.98. The summed E-state index contributed by atoms with van der Waals surface area (Å²) in [5, 5.41) is 3.11. The number of pyridine rings is 1. The summed E-state index contributed by atoms with van der Waals surface area (Å²) in [5.41, 5.74) is 1.04. The molecule has 2 rings (SSSR count). The van der Waals surface area contributed by atoms with Gasteiger partial charge in [-0.3, -0.25) is 0 Å². The molecule has 1 aliphatic rings. The molecule has 0 amide bonds. The summed E-state index contributed by atoms with van der Waals surface area (Å²) in [7, 11) is 1.93. The van der Waals surface area contributed by atoms with Crippen molar-refractivity contribution >= 4 is 0 Å². The highest BCUT2D eigenvalue weighted by atomic mass is 16.5. The van der Waals surface area contributed by atoms with Crippen molar-refractivity contribution in [3.05, 3.63) is 23.9 Å². The summed E-state index contributed by atoms with van der Waals surface area (Å²) in [6.45, 7) is 0.794. The minimum Gasteiger partial charge on any atom is -0.474 e. The lowest BCUT2D eigenvalue weighted by atomic mass is 10.1. The number of nitrogens with zero attached hydrogens (tertiary/aromatic N) is 1. The van der Waals surface area contributed by atoms with Gasteiger partial charge in [-0.1, -0.05) is 18.9 Å². The molecular formula is C14H22N2O. The van der Waals surface area contributed by atoms with Gasteiger partial charge in [0, 0.05) is 12.6 Å². The first-order valence-corrected chi connectivity index (χ1v) is 6.65. The fraction of sp³-hybridized carbons (Fsp3) is 0.643. The zero-order valence-electron chi connectivity index (χ0n) is 10.6. The summed E-state index contributed by atoms with van der Waals surface area (Å²) < 4.78 is 5.98. The smallest absolute Gasteiger partial charge is 0.213 e. The molecule has 1 saturated carbocycles. The van der Waals surface area contributed by atoms with Gasteiger partial charge in [0.2, 0.25) is 5.88 Å². The van der Waals surface area contributed by atoms with Crippen molar-refractivity contribution in [3.63, 3.8) is 0 Å². The normalized spacial score (nSPS) is 17.7. The van der Waals surface area contributed by atoms with E-state index >= 15 is 0 Å². The molecule has 1 aromatic heterocycles. The van der Waals surface area contributed by atoms with Crippen LogP contribution >= 0.6 is 0 Å². The lowest BCUT2D eigenvalue weighted by Crippen LogP contribution is -2.16. The fourth-order valence-electron chi connectivity index (χ4n) is 2.33. The molecule has 1 aromatic rings. The summed E-state index contributed by atoms with van der Waals surface area (Å²) in [6.07, 6.45) is 8.02. The van der Waals surface area contributed by atoms with Crippen LogP contribution in [0, 0.1) is 0 Å². The van der Waals surface area contributed by atoms with Gasteiger partial charge in [-0.25, -0.2) is 4.98 Å². The first-order chi connectivity index (χ1) is 8.38. The molecule has 0 saturated heterocycles. The molecule has 3 heteroatoms. The van der Waals surface area contributed by atoms with E-state index < -0.39 is 0 Å². The Kier molecular flexibility index (Phi) is 4.80. The largest absolute Gasteiger partial charge is 0.474 e. The minimum absolute atomic E-state index is 0.370. The van der Waals surface area contributed by atoms with Crippen LogP contribution in [0.2, 0.25) is 0 Å². The van der Waals surface area contributed by atoms with Crippen LogP contribution in [0.4, 0.5) is 0 Å². The van der Waals surface area contributed by atoms with E-state index in [1.807, 2.05) is 25.2 Å². The van der Waals surface area contributed by atoms with Crippen LogP contribution < -0.4 is 10.1 Å². The van der Waals surface area contributed by atoms with Crippen molar-refractivity contribution in [1.82, 2.24) is 10.3 Å². The van der Waals surface area contributed by atoms with Gasteiger partial charge in [-0.2, -0.15) is 0 Å². The van der Waals surface area contributed by atoms with Crippen LogP contribution in [0.1, 0.15) is 44.2 Å². The van der Waals surface area contributed by atoms with Gasteiger partial charge in [-0.05, 0) is 38.8 Å². The topological polar surface area (TPSA) is 34.1 Å². The molecule has 1 N–H and O–H groups in total. The Labute approximate surface area is 104 Å². The van der Waals surface area contributed by atoms with Crippen molar-refractivity contribution < 1.29 is 4.74 Å². The third kappa shape index (κ3) is 4.00. The van der Waals surface area contributed by atoms with Crippen molar-refractivity contribution in [2.75, 3.05) is 7.05 Å². The second-order valence-electron chi connectivity index (χ2n) is 4.73.